The number of carbonyl (C=O) groups excluding carboxylic acids is 3. The molecule has 4 rings (SSSR count). The molecule has 2 aromatic carbocycles. The summed E-state index contributed by atoms with van der Waals surface area (Å²) in [5.41, 5.74) is 0.623. The molecule has 0 bridgehead atoms. The number of nitrogens with one attached hydrogen (secondary N) is 1. The van der Waals surface area contributed by atoms with Crippen LogP contribution in [0, 0.1) is 11.6 Å². The molecule has 0 spiro atoms. The van der Waals surface area contributed by atoms with Gasteiger partial charge in [-0.2, -0.15) is 0 Å². The van der Waals surface area contributed by atoms with Crippen LogP contribution in [0.1, 0.15) is 19.3 Å². The lowest BCUT2D eigenvalue weighted by Gasteiger charge is -2.36. The van der Waals surface area contributed by atoms with Crippen molar-refractivity contribution < 1.29 is 23.2 Å². The van der Waals surface area contributed by atoms with E-state index in [1.165, 1.54) is 22.7 Å². The number of benzene rings is 2. The fraction of sp³-hybridized carbons (Fsp3) is 0.318. The van der Waals surface area contributed by atoms with Gasteiger partial charge >= 0.3 is 0 Å². The van der Waals surface area contributed by atoms with E-state index in [2.05, 4.69) is 5.32 Å². The van der Waals surface area contributed by atoms with Crippen LogP contribution in [0.5, 0.6) is 0 Å². The van der Waals surface area contributed by atoms with E-state index < -0.39 is 28.7 Å². The molecule has 2 aliphatic heterocycles. The first-order valence-electron chi connectivity index (χ1n) is 10.0. The molecular weight excluding hydrogens is 424 g/mol. The smallest absolute Gasteiger partial charge is 0.250 e. The first-order valence-corrected chi connectivity index (χ1v) is 10.9. The Labute approximate surface area is 182 Å². The van der Waals surface area contributed by atoms with Crippen molar-refractivity contribution >= 4 is 40.9 Å². The van der Waals surface area contributed by atoms with Crippen LogP contribution in [0.4, 0.5) is 20.2 Å². The molecule has 2 heterocycles. The quantitative estimate of drug-likeness (QED) is 0.733. The zero-order valence-corrected chi connectivity index (χ0v) is 17.5. The number of halogens is 2. The third kappa shape index (κ3) is 4.56. The Bertz CT molecular complexity index is 1030. The van der Waals surface area contributed by atoms with Crippen molar-refractivity contribution in [2.45, 2.75) is 29.4 Å². The summed E-state index contributed by atoms with van der Waals surface area (Å²) < 4.78 is 26.5. The third-order valence-electron chi connectivity index (χ3n) is 5.29. The molecule has 9 heteroatoms. The molecule has 31 heavy (non-hydrogen) atoms. The van der Waals surface area contributed by atoms with Crippen molar-refractivity contribution in [3.63, 3.8) is 0 Å². The van der Waals surface area contributed by atoms with E-state index in [1.807, 2.05) is 12.1 Å². The Morgan fingerprint density at radius 2 is 1.77 bits per heavy atom. The molecule has 3 amide bonds. The van der Waals surface area contributed by atoms with Gasteiger partial charge in [-0.15, -0.1) is 11.8 Å². The molecule has 0 unspecified atom stereocenters. The maximum Gasteiger partial charge on any atom is 0.250 e. The van der Waals surface area contributed by atoms with Crippen LogP contribution in [0.15, 0.2) is 47.4 Å². The van der Waals surface area contributed by atoms with Crippen molar-refractivity contribution in [1.82, 2.24) is 4.90 Å². The first-order chi connectivity index (χ1) is 14.9. The van der Waals surface area contributed by atoms with Crippen molar-refractivity contribution in [2.24, 2.45) is 0 Å². The molecule has 2 aliphatic rings. The highest BCUT2D eigenvalue weighted by Crippen LogP contribution is 2.40. The lowest BCUT2D eigenvalue weighted by molar-refractivity contribution is -0.135. The third-order valence-corrected chi connectivity index (χ3v) is 6.53. The molecule has 0 aromatic heterocycles. The fourth-order valence-electron chi connectivity index (χ4n) is 3.73. The molecule has 162 valence electrons. The summed E-state index contributed by atoms with van der Waals surface area (Å²) in [5.74, 6) is -3.38. The SMILES string of the molecule is O=C(CN1C(=O)[C@@H](C(=O)N2CCCCC2)Sc2ccccc21)Nc1ccc(F)c(F)c1. The number of anilines is 2. The second-order valence-corrected chi connectivity index (χ2v) is 8.60. The highest BCUT2D eigenvalue weighted by Gasteiger charge is 2.41. The summed E-state index contributed by atoms with van der Waals surface area (Å²) in [7, 11) is 0. The van der Waals surface area contributed by atoms with E-state index in [-0.39, 0.29) is 18.1 Å². The zero-order valence-electron chi connectivity index (χ0n) is 16.6. The molecular formula is C22H21F2N3O3S. The number of piperidine rings is 1. The summed E-state index contributed by atoms with van der Waals surface area (Å²) in [6.45, 7) is 0.905. The van der Waals surface area contributed by atoms with Gasteiger partial charge in [0.2, 0.25) is 11.8 Å². The molecule has 1 saturated heterocycles. The van der Waals surface area contributed by atoms with Crippen molar-refractivity contribution in [1.29, 1.82) is 0 Å². The molecule has 0 aliphatic carbocycles. The van der Waals surface area contributed by atoms with Gasteiger partial charge in [0.25, 0.3) is 5.91 Å². The maximum atomic E-state index is 13.4. The molecule has 0 saturated carbocycles. The number of rotatable bonds is 4. The van der Waals surface area contributed by atoms with Gasteiger partial charge in [-0.1, -0.05) is 12.1 Å². The topological polar surface area (TPSA) is 69.7 Å². The second-order valence-electron chi connectivity index (χ2n) is 7.45. The second kappa shape index (κ2) is 9.05. The van der Waals surface area contributed by atoms with Gasteiger partial charge < -0.3 is 15.1 Å². The van der Waals surface area contributed by atoms with Crippen LogP contribution in [-0.4, -0.2) is 47.5 Å². The average molecular weight is 445 g/mol. The Morgan fingerprint density at radius 1 is 1.03 bits per heavy atom. The van der Waals surface area contributed by atoms with E-state index >= 15 is 0 Å². The molecule has 1 N–H and O–H groups in total. The minimum Gasteiger partial charge on any atom is -0.341 e. The van der Waals surface area contributed by atoms with Crippen LogP contribution >= 0.6 is 11.8 Å². The lowest BCUT2D eigenvalue weighted by atomic mass is 10.1. The van der Waals surface area contributed by atoms with Gasteiger partial charge in [0, 0.05) is 29.7 Å². The van der Waals surface area contributed by atoms with Crippen LogP contribution < -0.4 is 10.2 Å². The van der Waals surface area contributed by atoms with Crippen molar-refractivity contribution in [2.75, 3.05) is 29.9 Å². The fourth-order valence-corrected chi connectivity index (χ4v) is 4.92. The predicted octanol–water partition coefficient (Wildman–Crippen LogP) is 3.42. The van der Waals surface area contributed by atoms with Gasteiger partial charge in [0.05, 0.1) is 5.69 Å². The number of thioether (sulfide) groups is 1. The summed E-state index contributed by atoms with van der Waals surface area (Å²) in [4.78, 5) is 42.6. The van der Waals surface area contributed by atoms with Crippen LogP contribution in [-0.2, 0) is 14.4 Å². The summed E-state index contributed by atoms with van der Waals surface area (Å²) >= 11 is 1.20. The largest absolute Gasteiger partial charge is 0.341 e. The van der Waals surface area contributed by atoms with Crippen LogP contribution in [0.25, 0.3) is 0 Å². The highest BCUT2D eigenvalue weighted by molar-refractivity contribution is 8.01. The zero-order chi connectivity index (χ0) is 22.0. The van der Waals surface area contributed by atoms with Gasteiger partial charge in [0.1, 0.15) is 6.54 Å². The Morgan fingerprint density at radius 3 is 2.52 bits per heavy atom. The van der Waals surface area contributed by atoms with E-state index in [4.69, 9.17) is 0 Å². The minimum atomic E-state index is -1.08. The van der Waals surface area contributed by atoms with Crippen LogP contribution in [0.2, 0.25) is 0 Å². The summed E-state index contributed by atoms with van der Waals surface area (Å²) in [6, 6.07) is 10.1. The number of nitrogens with zero attached hydrogens (tertiary/aromatic N) is 2. The number of likely N-dealkylation sites (tertiary alicyclic amines) is 1. The maximum absolute atomic E-state index is 13.4. The van der Waals surface area contributed by atoms with Crippen molar-refractivity contribution in [3.05, 3.63) is 54.1 Å². The Kier molecular flexibility index (Phi) is 6.22. The number of amides is 3. The predicted molar refractivity (Wildman–Crippen MR) is 114 cm³/mol. The van der Waals surface area contributed by atoms with E-state index in [0.29, 0.717) is 18.8 Å². The van der Waals surface area contributed by atoms with Crippen molar-refractivity contribution in [3.8, 4) is 0 Å². The van der Waals surface area contributed by atoms with Gasteiger partial charge in [0.15, 0.2) is 16.9 Å². The molecule has 6 nitrogen and oxygen atoms in total. The number of fused-ring (bicyclic) bond motifs is 1. The average Bonchev–Trinajstić information content (AvgIpc) is 2.78. The van der Waals surface area contributed by atoms with Crippen LogP contribution in [0.3, 0.4) is 0 Å². The van der Waals surface area contributed by atoms with E-state index in [1.54, 1.807) is 17.0 Å². The minimum absolute atomic E-state index is 0.0805. The number of carbonyl (C=O) groups is 3. The normalized spacial score (nSPS) is 18.5. The van der Waals surface area contributed by atoms with Gasteiger partial charge in [-0.25, -0.2) is 8.78 Å². The van der Waals surface area contributed by atoms with Gasteiger partial charge in [-0.05, 0) is 43.5 Å². The first kappa shape index (κ1) is 21.3. The monoisotopic (exact) mass is 445 g/mol. The Balaban J connectivity index is 1.54. The van der Waals surface area contributed by atoms with E-state index in [9.17, 15) is 23.2 Å². The summed E-state index contributed by atoms with van der Waals surface area (Å²) in [6.07, 6.45) is 2.89. The standard InChI is InChI=1S/C22H21F2N3O3S/c23-15-9-8-14(12-16(15)24)25-19(28)13-27-17-6-2-3-7-18(17)31-20(22(27)30)21(29)26-10-4-1-5-11-26/h2-3,6-9,12,20H,1,4-5,10-11,13H2,(H,25,28)/t20-/m1/s1. The lowest BCUT2D eigenvalue weighted by Crippen LogP contribution is -2.52. The molecule has 1 fully saturated rings. The highest BCUT2D eigenvalue weighted by atomic mass is 32.2. The molecule has 1 atom stereocenters. The molecule has 0 radical (unpaired) electrons. The number of hydrogen-bond donors (Lipinski definition) is 1. The number of hydrogen-bond acceptors (Lipinski definition) is 4. The molecule has 2 aromatic rings. The Hall–Kier alpha value is -2.94. The van der Waals surface area contributed by atoms with E-state index in [0.717, 1.165) is 36.3 Å². The number of para-hydroxylation sites is 1. The van der Waals surface area contributed by atoms with Gasteiger partial charge in [-0.3, -0.25) is 14.4 Å². The summed E-state index contributed by atoms with van der Waals surface area (Å²) in [5, 5.41) is 1.52.